The maximum atomic E-state index is 12.4. The zero-order valence-electron chi connectivity index (χ0n) is 13.3. The number of methoxy groups -OCH3 is 2. The summed E-state index contributed by atoms with van der Waals surface area (Å²) in [5.74, 6) is -0.190. The van der Waals surface area contributed by atoms with Crippen molar-refractivity contribution in [3.63, 3.8) is 0 Å². The number of carbonyl (C=O) groups is 2. The van der Waals surface area contributed by atoms with Crippen molar-refractivity contribution >= 4 is 17.8 Å². The lowest BCUT2D eigenvalue weighted by atomic mass is 10.0. The van der Waals surface area contributed by atoms with Crippen LogP contribution in [0.1, 0.15) is 26.3 Å². The Labute approximate surface area is 139 Å². The number of ketones is 1. The van der Waals surface area contributed by atoms with Gasteiger partial charge in [-0.05, 0) is 48.0 Å². The Morgan fingerprint density at radius 2 is 1.54 bits per heavy atom. The fourth-order valence-corrected chi connectivity index (χ4v) is 2.05. The Morgan fingerprint density at radius 1 is 0.958 bits per heavy atom. The normalized spacial score (nSPS) is 10.6. The Bertz CT molecular complexity index is 812. The molecular formula is C19H15NO4. The van der Waals surface area contributed by atoms with E-state index in [0.717, 1.165) is 0 Å². The monoisotopic (exact) mass is 321 g/mol. The van der Waals surface area contributed by atoms with Gasteiger partial charge in [0.25, 0.3) is 0 Å². The molecule has 0 aromatic heterocycles. The Morgan fingerprint density at radius 3 is 2.04 bits per heavy atom. The molecule has 0 amide bonds. The average molecular weight is 321 g/mol. The summed E-state index contributed by atoms with van der Waals surface area (Å²) in [4.78, 5) is 23.8. The van der Waals surface area contributed by atoms with Crippen molar-refractivity contribution < 1.29 is 19.1 Å². The van der Waals surface area contributed by atoms with Crippen molar-refractivity contribution in [3.05, 3.63) is 70.8 Å². The van der Waals surface area contributed by atoms with Crippen LogP contribution in [0.4, 0.5) is 0 Å². The van der Waals surface area contributed by atoms with Gasteiger partial charge in [-0.1, -0.05) is 12.1 Å². The summed E-state index contributed by atoms with van der Waals surface area (Å²) in [6, 6.07) is 14.9. The van der Waals surface area contributed by atoms with E-state index in [1.54, 1.807) is 48.5 Å². The number of hydrogen-bond donors (Lipinski definition) is 0. The zero-order chi connectivity index (χ0) is 17.5. The predicted octanol–water partition coefficient (Wildman–Crippen LogP) is 3.27. The van der Waals surface area contributed by atoms with Gasteiger partial charge in [-0.2, -0.15) is 5.26 Å². The van der Waals surface area contributed by atoms with Crippen LogP contribution < -0.4 is 4.74 Å². The quantitative estimate of drug-likeness (QED) is 0.365. The first-order valence-corrected chi connectivity index (χ1v) is 7.08. The molecule has 24 heavy (non-hydrogen) atoms. The lowest BCUT2D eigenvalue weighted by Gasteiger charge is -2.03. The number of benzene rings is 2. The van der Waals surface area contributed by atoms with E-state index in [1.165, 1.54) is 20.3 Å². The Hall–Kier alpha value is -3.39. The Balaban J connectivity index is 2.26. The maximum Gasteiger partial charge on any atom is 0.337 e. The molecule has 2 aromatic rings. The summed E-state index contributed by atoms with van der Waals surface area (Å²) in [6.45, 7) is 0. The molecule has 5 nitrogen and oxygen atoms in total. The van der Waals surface area contributed by atoms with Gasteiger partial charge in [0, 0.05) is 5.56 Å². The molecule has 0 aliphatic heterocycles. The van der Waals surface area contributed by atoms with E-state index >= 15 is 0 Å². The molecule has 120 valence electrons. The summed E-state index contributed by atoms with van der Waals surface area (Å²) >= 11 is 0. The lowest BCUT2D eigenvalue weighted by molar-refractivity contribution is 0.0600. The number of esters is 1. The van der Waals surface area contributed by atoms with Gasteiger partial charge >= 0.3 is 5.97 Å². The van der Waals surface area contributed by atoms with Gasteiger partial charge < -0.3 is 9.47 Å². The number of hydrogen-bond acceptors (Lipinski definition) is 5. The predicted molar refractivity (Wildman–Crippen MR) is 88.7 cm³/mol. The number of ether oxygens (including phenoxy) is 2. The van der Waals surface area contributed by atoms with Crippen LogP contribution in [0.25, 0.3) is 6.08 Å². The van der Waals surface area contributed by atoms with Gasteiger partial charge in [-0.15, -0.1) is 0 Å². The average Bonchev–Trinajstić information content (AvgIpc) is 2.65. The third-order valence-corrected chi connectivity index (χ3v) is 3.36. The highest BCUT2D eigenvalue weighted by Gasteiger charge is 2.12. The minimum Gasteiger partial charge on any atom is -0.497 e. The van der Waals surface area contributed by atoms with E-state index in [0.29, 0.717) is 22.4 Å². The standard InChI is InChI=1S/C19H15NO4/c1-23-17-9-7-14(8-10-17)18(21)16(12-20)11-13-3-5-15(6-4-13)19(22)24-2/h3-11H,1-2H3/b16-11-. The molecule has 0 saturated heterocycles. The smallest absolute Gasteiger partial charge is 0.337 e. The molecule has 0 radical (unpaired) electrons. The minimum absolute atomic E-state index is 0.00554. The molecule has 0 fully saturated rings. The van der Waals surface area contributed by atoms with E-state index < -0.39 is 5.97 Å². The fraction of sp³-hybridized carbons (Fsp3) is 0.105. The molecule has 0 spiro atoms. The summed E-state index contributed by atoms with van der Waals surface area (Å²) in [5.41, 5.74) is 1.44. The number of rotatable bonds is 5. The van der Waals surface area contributed by atoms with Crippen LogP contribution in [0.2, 0.25) is 0 Å². The second-order valence-electron chi connectivity index (χ2n) is 4.84. The van der Waals surface area contributed by atoms with Crippen molar-refractivity contribution in [1.29, 1.82) is 5.26 Å². The third kappa shape index (κ3) is 3.87. The molecule has 2 rings (SSSR count). The van der Waals surface area contributed by atoms with Gasteiger partial charge in [0.1, 0.15) is 17.4 Å². The van der Waals surface area contributed by atoms with Gasteiger partial charge in [0.05, 0.1) is 19.8 Å². The molecule has 2 aromatic carbocycles. The highest BCUT2D eigenvalue weighted by atomic mass is 16.5. The van der Waals surface area contributed by atoms with E-state index in [2.05, 4.69) is 4.74 Å². The highest BCUT2D eigenvalue weighted by molar-refractivity contribution is 6.14. The van der Waals surface area contributed by atoms with Gasteiger partial charge in [-0.3, -0.25) is 4.79 Å². The van der Waals surface area contributed by atoms with E-state index in [1.807, 2.05) is 6.07 Å². The summed E-state index contributed by atoms with van der Waals surface area (Å²) in [7, 11) is 2.84. The molecule has 5 heteroatoms. The third-order valence-electron chi connectivity index (χ3n) is 3.36. The number of allylic oxidation sites excluding steroid dienone is 1. The van der Waals surface area contributed by atoms with Gasteiger partial charge in [0.2, 0.25) is 5.78 Å². The molecule has 0 aliphatic rings. The summed E-state index contributed by atoms with van der Waals surface area (Å²) in [6.07, 6.45) is 1.48. The summed E-state index contributed by atoms with van der Waals surface area (Å²) < 4.78 is 9.66. The highest BCUT2D eigenvalue weighted by Crippen LogP contribution is 2.17. The molecule has 0 bridgehead atoms. The van der Waals surface area contributed by atoms with Crippen LogP contribution in [0.3, 0.4) is 0 Å². The van der Waals surface area contributed by atoms with Gasteiger partial charge in [0.15, 0.2) is 0 Å². The topological polar surface area (TPSA) is 76.4 Å². The van der Waals surface area contributed by atoms with Crippen LogP contribution in [0, 0.1) is 11.3 Å². The van der Waals surface area contributed by atoms with Crippen molar-refractivity contribution in [2.45, 2.75) is 0 Å². The molecule has 0 N–H and O–H groups in total. The first-order valence-electron chi connectivity index (χ1n) is 7.08. The number of nitrogens with zero attached hydrogens (tertiary/aromatic N) is 1. The van der Waals surface area contributed by atoms with Crippen LogP contribution in [0.15, 0.2) is 54.1 Å². The van der Waals surface area contributed by atoms with Crippen LogP contribution in [0.5, 0.6) is 5.75 Å². The van der Waals surface area contributed by atoms with Crippen molar-refractivity contribution in [3.8, 4) is 11.8 Å². The van der Waals surface area contributed by atoms with E-state index in [-0.39, 0.29) is 11.4 Å². The molecule has 0 heterocycles. The number of nitriles is 1. The van der Waals surface area contributed by atoms with E-state index in [9.17, 15) is 14.9 Å². The minimum atomic E-state index is -0.444. The fourth-order valence-electron chi connectivity index (χ4n) is 2.05. The van der Waals surface area contributed by atoms with Crippen LogP contribution in [-0.2, 0) is 4.74 Å². The number of carbonyl (C=O) groups excluding carboxylic acids is 2. The number of Topliss-reactive ketones (excluding diaryl/α,β-unsaturated/α-hetero) is 1. The van der Waals surface area contributed by atoms with Crippen LogP contribution >= 0.6 is 0 Å². The lowest BCUT2D eigenvalue weighted by Crippen LogP contribution is -2.02. The molecule has 0 unspecified atom stereocenters. The largest absolute Gasteiger partial charge is 0.497 e. The zero-order valence-corrected chi connectivity index (χ0v) is 13.3. The maximum absolute atomic E-state index is 12.4. The van der Waals surface area contributed by atoms with Crippen molar-refractivity contribution in [2.24, 2.45) is 0 Å². The van der Waals surface area contributed by atoms with Crippen molar-refractivity contribution in [2.75, 3.05) is 14.2 Å². The SMILES string of the molecule is COC(=O)c1ccc(/C=C(/C#N)C(=O)c2ccc(OC)cc2)cc1. The van der Waals surface area contributed by atoms with Crippen molar-refractivity contribution in [1.82, 2.24) is 0 Å². The molecule has 0 atom stereocenters. The molecular weight excluding hydrogens is 306 g/mol. The van der Waals surface area contributed by atoms with Gasteiger partial charge in [-0.25, -0.2) is 4.79 Å². The van der Waals surface area contributed by atoms with Crippen LogP contribution in [-0.4, -0.2) is 26.0 Å². The first kappa shape index (κ1) is 17.0. The Kier molecular flexibility index (Phi) is 5.48. The second kappa shape index (κ2) is 7.75. The second-order valence-corrected chi connectivity index (χ2v) is 4.84. The van der Waals surface area contributed by atoms with E-state index in [4.69, 9.17) is 4.74 Å². The molecule has 0 aliphatic carbocycles. The first-order chi connectivity index (χ1) is 11.6. The summed E-state index contributed by atoms with van der Waals surface area (Å²) in [5, 5.41) is 9.26. The molecule has 0 saturated carbocycles.